The van der Waals surface area contributed by atoms with Crippen LogP contribution in [-0.2, 0) is 10.0 Å². The van der Waals surface area contributed by atoms with Crippen molar-refractivity contribution in [1.29, 1.82) is 5.26 Å². The Morgan fingerprint density at radius 1 is 1.12 bits per heavy atom. The van der Waals surface area contributed by atoms with E-state index in [1.165, 1.54) is 12.5 Å². The largest absolute Gasteiger partial charge is 0.354 e. The summed E-state index contributed by atoms with van der Waals surface area (Å²) >= 11 is 0. The number of hydrogen-bond donors (Lipinski definition) is 0. The standard InChI is InChI=1S/C16H23N5O2S/c1-24(22,23)21(13-4-2-5-13)14-6-3-10-20(11-7-14)16-15(12-17)18-8-9-19-16/h8-9,13-14H,2-7,10-11H2,1H3/t14-/m0/s1. The fraction of sp³-hybridized carbons (Fsp3) is 0.688. The lowest BCUT2D eigenvalue weighted by Gasteiger charge is -2.40. The zero-order valence-electron chi connectivity index (χ0n) is 13.9. The lowest BCUT2D eigenvalue weighted by Crippen LogP contribution is -2.49. The first-order valence-electron chi connectivity index (χ1n) is 8.45. The van der Waals surface area contributed by atoms with Crippen LogP contribution in [0.3, 0.4) is 0 Å². The normalized spacial score (nSPS) is 22.7. The van der Waals surface area contributed by atoms with Gasteiger partial charge in [-0.2, -0.15) is 9.57 Å². The molecule has 2 fully saturated rings. The van der Waals surface area contributed by atoms with Crippen LogP contribution >= 0.6 is 0 Å². The molecule has 0 spiro atoms. The second-order valence-corrected chi connectivity index (χ2v) is 8.48. The average Bonchev–Trinajstić information content (AvgIpc) is 2.75. The van der Waals surface area contributed by atoms with Gasteiger partial charge < -0.3 is 4.90 Å². The molecule has 7 nitrogen and oxygen atoms in total. The second-order valence-electron chi connectivity index (χ2n) is 6.59. The average molecular weight is 349 g/mol. The molecule has 0 radical (unpaired) electrons. The van der Waals surface area contributed by atoms with Gasteiger partial charge in [-0.25, -0.2) is 18.4 Å². The number of nitriles is 1. The van der Waals surface area contributed by atoms with Crippen LogP contribution in [0.4, 0.5) is 5.82 Å². The minimum atomic E-state index is -3.20. The van der Waals surface area contributed by atoms with Gasteiger partial charge in [0.2, 0.25) is 10.0 Å². The highest BCUT2D eigenvalue weighted by Crippen LogP contribution is 2.32. The van der Waals surface area contributed by atoms with Gasteiger partial charge in [0.1, 0.15) is 6.07 Å². The maximum atomic E-state index is 12.3. The molecule has 24 heavy (non-hydrogen) atoms. The molecule has 0 amide bonds. The molecule has 2 aliphatic rings. The van der Waals surface area contributed by atoms with E-state index in [1.807, 2.05) is 0 Å². The molecule has 0 unspecified atom stereocenters. The summed E-state index contributed by atoms with van der Waals surface area (Å²) in [5.41, 5.74) is 0.329. The molecule has 130 valence electrons. The molecule has 1 saturated heterocycles. The van der Waals surface area contributed by atoms with Gasteiger partial charge in [-0.1, -0.05) is 6.42 Å². The van der Waals surface area contributed by atoms with Crippen molar-refractivity contribution in [1.82, 2.24) is 14.3 Å². The maximum Gasteiger partial charge on any atom is 0.211 e. The van der Waals surface area contributed by atoms with Crippen LogP contribution in [0.15, 0.2) is 12.4 Å². The SMILES string of the molecule is CS(=O)(=O)N(C1CCC1)[C@H]1CCCN(c2nccnc2C#N)CC1. The van der Waals surface area contributed by atoms with Gasteiger partial charge in [-0.3, -0.25) is 0 Å². The molecule has 2 heterocycles. The van der Waals surface area contributed by atoms with Crippen LogP contribution < -0.4 is 4.90 Å². The van der Waals surface area contributed by atoms with Crippen LogP contribution in [-0.4, -0.2) is 54.1 Å². The third-order valence-corrected chi connectivity index (χ3v) is 6.32. The van der Waals surface area contributed by atoms with Gasteiger partial charge in [0.15, 0.2) is 11.5 Å². The van der Waals surface area contributed by atoms with Gasteiger partial charge in [0, 0.05) is 37.6 Å². The highest BCUT2D eigenvalue weighted by Gasteiger charge is 2.37. The van der Waals surface area contributed by atoms with E-state index in [9.17, 15) is 13.7 Å². The first-order valence-corrected chi connectivity index (χ1v) is 10.3. The molecule has 0 aromatic carbocycles. The zero-order chi connectivity index (χ0) is 17.2. The summed E-state index contributed by atoms with van der Waals surface area (Å²) in [5.74, 6) is 0.607. The highest BCUT2D eigenvalue weighted by molar-refractivity contribution is 7.88. The maximum absolute atomic E-state index is 12.3. The van der Waals surface area contributed by atoms with E-state index >= 15 is 0 Å². The highest BCUT2D eigenvalue weighted by atomic mass is 32.2. The van der Waals surface area contributed by atoms with Gasteiger partial charge in [-0.05, 0) is 32.1 Å². The van der Waals surface area contributed by atoms with E-state index in [1.54, 1.807) is 10.5 Å². The predicted octanol–water partition coefficient (Wildman–Crippen LogP) is 1.52. The summed E-state index contributed by atoms with van der Waals surface area (Å²) in [6.07, 6.45) is 9.97. The van der Waals surface area contributed by atoms with Crippen molar-refractivity contribution >= 4 is 15.8 Å². The summed E-state index contributed by atoms with van der Waals surface area (Å²) in [6.45, 7) is 1.46. The third kappa shape index (κ3) is 3.52. The number of sulfonamides is 1. The number of rotatable bonds is 4. The molecule has 1 saturated carbocycles. The molecule has 0 N–H and O–H groups in total. The summed E-state index contributed by atoms with van der Waals surface area (Å²) in [4.78, 5) is 10.4. The molecule has 1 aromatic heterocycles. The van der Waals surface area contributed by atoms with Gasteiger partial charge in [0.25, 0.3) is 0 Å². The number of hydrogen-bond acceptors (Lipinski definition) is 6. The third-order valence-electron chi connectivity index (χ3n) is 4.96. The Morgan fingerprint density at radius 2 is 1.79 bits per heavy atom. The molecule has 1 aliphatic carbocycles. The summed E-state index contributed by atoms with van der Waals surface area (Å²) in [6, 6.07) is 2.29. The summed E-state index contributed by atoms with van der Waals surface area (Å²) in [5, 5.41) is 9.21. The van der Waals surface area contributed by atoms with E-state index in [2.05, 4.69) is 20.9 Å². The molecular weight excluding hydrogens is 326 g/mol. The van der Waals surface area contributed by atoms with E-state index < -0.39 is 10.0 Å². The molecule has 1 aromatic rings. The molecule has 8 heteroatoms. The van der Waals surface area contributed by atoms with Gasteiger partial charge in [-0.15, -0.1) is 0 Å². The Bertz CT molecular complexity index is 726. The predicted molar refractivity (Wildman–Crippen MR) is 90.9 cm³/mol. The molecule has 1 atom stereocenters. The van der Waals surface area contributed by atoms with Gasteiger partial charge >= 0.3 is 0 Å². The minimum Gasteiger partial charge on any atom is -0.354 e. The quantitative estimate of drug-likeness (QED) is 0.819. The lowest BCUT2D eigenvalue weighted by molar-refractivity contribution is 0.164. The van der Waals surface area contributed by atoms with Crippen LogP contribution in [0, 0.1) is 11.3 Å². The Balaban J connectivity index is 1.76. The van der Waals surface area contributed by atoms with Crippen molar-refractivity contribution in [2.45, 2.75) is 50.6 Å². The molecule has 1 aliphatic heterocycles. The Morgan fingerprint density at radius 3 is 2.42 bits per heavy atom. The lowest BCUT2D eigenvalue weighted by atomic mass is 9.91. The second kappa shape index (κ2) is 7.03. The molecule has 0 bridgehead atoms. The van der Waals surface area contributed by atoms with Crippen molar-refractivity contribution in [2.24, 2.45) is 0 Å². The summed E-state index contributed by atoms with van der Waals surface area (Å²) < 4.78 is 26.3. The van der Waals surface area contributed by atoms with E-state index in [0.29, 0.717) is 18.1 Å². The van der Waals surface area contributed by atoms with Crippen LogP contribution in [0.2, 0.25) is 0 Å². The first kappa shape index (κ1) is 17.1. The zero-order valence-corrected chi connectivity index (χ0v) is 14.7. The first-order chi connectivity index (χ1) is 11.5. The minimum absolute atomic E-state index is 0.0394. The van der Waals surface area contributed by atoms with Crippen LogP contribution in [0.25, 0.3) is 0 Å². The smallest absolute Gasteiger partial charge is 0.211 e. The number of aromatic nitrogens is 2. The topological polar surface area (TPSA) is 90.2 Å². The van der Waals surface area contributed by atoms with Crippen molar-refractivity contribution < 1.29 is 8.42 Å². The van der Waals surface area contributed by atoms with E-state index in [0.717, 1.165) is 45.1 Å². The van der Waals surface area contributed by atoms with Crippen molar-refractivity contribution in [3.05, 3.63) is 18.1 Å². The van der Waals surface area contributed by atoms with Gasteiger partial charge in [0.05, 0.1) is 6.26 Å². The van der Waals surface area contributed by atoms with Crippen molar-refractivity contribution in [3.63, 3.8) is 0 Å². The molecule has 3 rings (SSSR count). The fourth-order valence-electron chi connectivity index (χ4n) is 3.67. The summed E-state index contributed by atoms with van der Waals surface area (Å²) in [7, 11) is -3.20. The number of nitrogens with zero attached hydrogens (tertiary/aromatic N) is 5. The van der Waals surface area contributed by atoms with Crippen molar-refractivity contribution in [3.8, 4) is 6.07 Å². The van der Waals surface area contributed by atoms with Crippen LogP contribution in [0.5, 0.6) is 0 Å². The number of anilines is 1. The monoisotopic (exact) mass is 349 g/mol. The van der Waals surface area contributed by atoms with E-state index in [4.69, 9.17) is 0 Å². The Hall–Kier alpha value is -1.72. The van der Waals surface area contributed by atoms with E-state index in [-0.39, 0.29) is 12.1 Å². The Labute approximate surface area is 143 Å². The van der Waals surface area contributed by atoms with Crippen molar-refractivity contribution in [2.75, 3.05) is 24.2 Å². The molecular formula is C16H23N5O2S. The van der Waals surface area contributed by atoms with Crippen LogP contribution in [0.1, 0.15) is 44.2 Å². The Kier molecular flexibility index (Phi) is 5.01. The fourth-order valence-corrected chi connectivity index (χ4v) is 5.17.